The standard InChI is InChI=1S/C25H19I/c26-20-15-16-22-21-13-7-8-14-23(21)25(24(22)17-20,18-9-3-1-4-10-18)19-11-5-2-6-12-19/h1-5,7-11,13-17H,6,12H2. The van der Waals surface area contributed by atoms with E-state index in [9.17, 15) is 0 Å². The number of rotatable bonds is 2. The summed E-state index contributed by atoms with van der Waals surface area (Å²) in [5.41, 5.74) is 8.29. The molecule has 26 heavy (non-hydrogen) atoms. The summed E-state index contributed by atoms with van der Waals surface area (Å²) in [4.78, 5) is 0. The van der Waals surface area contributed by atoms with Gasteiger partial charge in [0.1, 0.15) is 0 Å². The zero-order chi connectivity index (χ0) is 17.6. The third-order valence-corrected chi connectivity index (χ3v) is 6.38. The number of halogens is 1. The SMILES string of the molecule is Ic1ccc2c(c1)C(C1=CC=CCC1)(c1ccccc1)c1ccccc1-2. The van der Waals surface area contributed by atoms with Crippen molar-refractivity contribution in [1.29, 1.82) is 0 Å². The van der Waals surface area contributed by atoms with Crippen LogP contribution >= 0.6 is 22.6 Å². The Balaban J connectivity index is 1.95. The van der Waals surface area contributed by atoms with Gasteiger partial charge in [-0.25, -0.2) is 0 Å². The predicted octanol–water partition coefficient (Wildman–Crippen LogP) is 6.88. The molecule has 0 aromatic heterocycles. The molecule has 0 bridgehead atoms. The van der Waals surface area contributed by atoms with Crippen LogP contribution in [0.2, 0.25) is 0 Å². The minimum Gasteiger partial charge on any atom is -0.0842 e. The van der Waals surface area contributed by atoms with Crippen molar-refractivity contribution in [3.63, 3.8) is 0 Å². The molecule has 0 aliphatic heterocycles. The normalized spacial score (nSPS) is 20.4. The smallest absolute Gasteiger partial charge is 0.0677 e. The van der Waals surface area contributed by atoms with Crippen LogP contribution in [0.5, 0.6) is 0 Å². The van der Waals surface area contributed by atoms with Crippen LogP contribution in [0.3, 0.4) is 0 Å². The molecular formula is C25H19I. The van der Waals surface area contributed by atoms with Crippen molar-refractivity contribution >= 4 is 22.6 Å². The van der Waals surface area contributed by atoms with Crippen LogP contribution in [0.25, 0.3) is 11.1 Å². The van der Waals surface area contributed by atoms with Gasteiger partial charge in [0.25, 0.3) is 0 Å². The van der Waals surface area contributed by atoms with Crippen molar-refractivity contribution in [2.75, 3.05) is 0 Å². The maximum atomic E-state index is 2.45. The maximum Gasteiger partial charge on any atom is 0.0677 e. The van der Waals surface area contributed by atoms with Gasteiger partial charge in [-0.05, 0) is 75.4 Å². The summed E-state index contributed by atoms with van der Waals surface area (Å²) in [6, 6.07) is 26.9. The summed E-state index contributed by atoms with van der Waals surface area (Å²) in [7, 11) is 0. The summed E-state index contributed by atoms with van der Waals surface area (Å²) in [5.74, 6) is 0. The average molecular weight is 446 g/mol. The van der Waals surface area contributed by atoms with Crippen molar-refractivity contribution in [3.05, 3.63) is 117 Å². The van der Waals surface area contributed by atoms with Crippen molar-refractivity contribution in [1.82, 2.24) is 0 Å². The van der Waals surface area contributed by atoms with E-state index in [1.807, 2.05) is 0 Å². The van der Waals surface area contributed by atoms with Gasteiger partial charge in [-0.2, -0.15) is 0 Å². The number of hydrogen-bond acceptors (Lipinski definition) is 0. The molecule has 0 spiro atoms. The highest BCUT2D eigenvalue weighted by Crippen LogP contribution is 2.57. The van der Waals surface area contributed by atoms with E-state index in [0.717, 1.165) is 12.8 Å². The molecule has 3 aromatic carbocycles. The van der Waals surface area contributed by atoms with E-state index in [1.54, 1.807) is 0 Å². The molecule has 1 heteroatoms. The van der Waals surface area contributed by atoms with E-state index in [1.165, 1.54) is 37.0 Å². The molecule has 5 rings (SSSR count). The van der Waals surface area contributed by atoms with E-state index >= 15 is 0 Å². The lowest BCUT2D eigenvalue weighted by molar-refractivity contribution is 0.692. The van der Waals surface area contributed by atoms with Gasteiger partial charge in [0.05, 0.1) is 5.41 Å². The molecule has 0 amide bonds. The van der Waals surface area contributed by atoms with Crippen LogP contribution in [-0.4, -0.2) is 0 Å². The van der Waals surface area contributed by atoms with Crippen molar-refractivity contribution in [2.45, 2.75) is 18.3 Å². The molecule has 126 valence electrons. The first-order valence-corrected chi connectivity index (χ1v) is 10.2. The minimum absolute atomic E-state index is 0.181. The topological polar surface area (TPSA) is 0 Å². The Bertz CT molecular complexity index is 1040. The van der Waals surface area contributed by atoms with Crippen molar-refractivity contribution < 1.29 is 0 Å². The van der Waals surface area contributed by atoms with Crippen LogP contribution in [0.15, 0.2) is 96.6 Å². The summed E-state index contributed by atoms with van der Waals surface area (Å²) in [5, 5.41) is 0. The minimum atomic E-state index is -0.181. The number of fused-ring (bicyclic) bond motifs is 3. The van der Waals surface area contributed by atoms with Crippen molar-refractivity contribution in [3.8, 4) is 11.1 Å². The Morgan fingerprint density at radius 1 is 0.769 bits per heavy atom. The zero-order valence-corrected chi connectivity index (χ0v) is 16.6. The fraction of sp³-hybridized carbons (Fsp3) is 0.120. The van der Waals surface area contributed by atoms with Gasteiger partial charge in [0.15, 0.2) is 0 Å². The molecule has 0 fully saturated rings. The summed E-state index contributed by atoms with van der Waals surface area (Å²) >= 11 is 2.45. The summed E-state index contributed by atoms with van der Waals surface area (Å²) in [6.07, 6.45) is 9.07. The number of benzene rings is 3. The van der Waals surface area contributed by atoms with E-state index < -0.39 is 0 Å². The molecule has 3 aromatic rings. The summed E-state index contributed by atoms with van der Waals surface area (Å²) < 4.78 is 1.29. The first-order valence-electron chi connectivity index (χ1n) is 9.13. The molecule has 0 saturated carbocycles. The maximum absolute atomic E-state index is 2.45. The van der Waals surface area contributed by atoms with E-state index in [4.69, 9.17) is 0 Å². The third kappa shape index (κ3) is 2.20. The van der Waals surface area contributed by atoms with Gasteiger partial charge in [0, 0.05) is 3.57 Å². The third-order valence-electron chi connectivity index (χ3n) is 5.71. The molecule has 0 radical (unpaired) electrons. The van der Waals surface area contributed by atoms with Crippen molar-refractivity contribution in [2.24, 2.45) is 0 Å². The fourth-order valence-electron chi connectivity index (χ4n) is 4.70. The van der Waals surface area contributed by atoms with Gasteiger partial charge >= 0.3 is 0 Å². The largest absolute Gasteiger partial charge is 0.0842 e. The second-order valence-electron chi connectivity index (χ2n) is 7.01. The molecule has 1 atom stereocenters. The van der Waals surface area contributed by atoms with E-state index in [2.05, 4.69) is 114 Å². The quantitative estimate of drug-likeness (QED) is 0.377. The molecule has 2 aliphatic rings. The monoisotopic (exact) mass is 446 g/mol. The molecule has 0 saturated heterocycles. The highest BCUT2D eigenvalue weighted by Gasteiger charge is 2.46. The summed E-state index contributed by atoms with van der Waals surface area (Å²) in [6.45, 7) is 0. The molecule has 0 N–H and O–H groups in total. The number of hydrogen-bond donors (Lipinski definition) is 0. The lowest BCUT2D eigenvalue weighted by Gasteiger charge is -2.36. The zero-order valence-electron chi connectivity index (χ0n) is 14.5. The lowest BCUT2D eigenvalue weighted by atomic mass is 9.65. The van der Waals surface area contributed by atoms with Crippen LogP contribution in [0.1, 0.15) is 29.5 Å². The first kappa shape index (κ1) is 16.1. The highest BCUT2D eigenvalue weighted by molar-refractivity contribution is 14.1. The van der Waals surface area contributed by atoms with Crippen LogP contribution in [0, 0.1) is 3.57 Å². The predicted molar refractivity (Wildman–Crippen MR) is 117 cm³/mol. The fourth-order valence-corrected chi connectivity index (χ4v) is 5.19. The molecular weight excluding hydrogens is 427 g/mol. The molecule has 0 nitrogen and oxygen atoms in total. The highest BCUT2D eigenvalue weighted by atomic mass is 127. The first-order chi connectivity index (χ1) is 12.8. The molecule has 0 heterocycles. The van der Waals surface area contributed by atoms with Gasteiger partial charge in [-0.15, -0.1) is 0 Å². The Hall–Kier alpha value is -2.13. The van der Waals surface area contributed by atoms with Gasteiger partial charge in [-0.1, -0.05) is 84.5 Å². The Labute approximate surface area is 168 Å². The second kappa shape index (κ2) is 6.24. The van der Waals surface area contributed by atoms with Crippen LogP contribution in [0.4, 0.5) is 0 Å². The average Bonchev–Trinajstić information content (AvgIpc) is 3.00. The number of allylic oxidation sites excluding steroid dienone is 4. The van der Waals surface area contributed by atoms with E-state index in [-0.39, 0.29) is 5.41 Å². The van der Waals surface area contributed by atoms with Gasteiger partial charge < -0.3 is 0 Å². The lowest BCUT2D eigenvalue weighted by Crippen LogP contribution is -2.30. The van der Waals surface area contributed by atoms with Crippen LogP contribution in [-0.2, 0) is 5.41 Å². The Morgan fingerprint density at radius 3 is 2.35 bits per heavy atom. The molecule has 2 aliphatic carbocycles. The molecule has 1 unspecified atom stereocenters. The van der Waals surface area contributed by atoms with E-state index in [0.29, 0.717) is 0 Å². The van der Waals surface area contributed by atoms with Gasteiger partial charge in [0.2, 0.25) is 0 Å². The Morgan fingerprint density at radius 2 is 1.54 bits per heavy atom. The van der Waals surface area contributed by atoms with Crippen LogP contribution < -0.4 is 0 Å². The second-order valence-corrected chi connectivity index (χ2v) is 8.26. The Kier molecular flexibility index (Phi) is 3.86. The van der Waals surface area contributed by atoms with Gasteiger partial charge in [-0.3, -0.25) is 0 Å².